The number of Topliss-reactive ketones (excluding diaryl/α,β-unsaturated/α-hetero) is 1. The first kappa shape index (κ1) is 11.4. The Balaban J connectivity index is 2.42. The molecule has 0 fully saturated rings. The first-order chi connectivity index (χ1) is 6.75. The number of allylic oxidation sites excluding steroid dienone is 2. The lowest BCUT2D eigenvalue weighted by molar-refractivity contribution is -0.119. The molecule has 2 heteroatoms. The summed E-state index contributed by atoms with van der Waals surface area (Å²) in [5.74, 6) is 0.459. The second-order valence-electron chi connectivity index (χ2n) is 4.02. The van der Waals surface area contributed by atoms with Gasteiger partial charge in [0.05, 0.1) is 0 Å². The van der Waals surface area contributed by atoms with E-state index in [0.29, 0.717) is 12.4 Å². The van der Waals surface area contributed by atoms with Crippen LogP contribution >= 0.6 is 0 Å². The van der Waals surface area contributed by atoms with Gasteiger partial charge >= 0.3 is 0 Å². The predicted octanol–water partition coefficient (Wildman–Crippen LogP) is 2.73. The third-order valence-corrected chi connectivity index (χ3v) is 2.81. The van der Waals surface area contributed by atoms with Gasteiger partial charge in [-0.1, -0.05) is 13.0 Å². The standard InChI is InChI=1S/C12H20O2/c1-10(8-9-14-2)12(13)11-6-4-3-5-7-11/h6,10H,3-5,7-9H2,1-2H3. The molecule has 0 aromatic rings. The van der Waals surface area contributed by atoms with Crippen molar-refractivity contribution in [1.29, 1.82) is 0 Å². The Bertz CT molecular complexity index is 218. The summed E-state index contributed by atoms with van der Waals surface area (Å²) in [6.07, 6.45) is 7.44. The maximum Gasteiger partial charge on any atom is 0.161 e. The van der Waals surface area contributed by atoms with Crippen LogP contribution in [0.15, 0.2) is 11.6 Å². The molecule has 0 bridgehead atoms. The molecule has 14 heavy (non-hydrogen) atoms. The van der Waals surface area contributed by atoms with Gasteiger partial charge in [0, 0.05) is 19.6 Å². The van der Waals surface area contributed by atoms with Crippen molar-refractivity contribution in [2.24, 2.45) is 5.92 Å². The van der Waals surface area contributed by atoms with Crippen LogP contribution in [-0.2, 0) is 9.53 Å². The van der Waals surface area contributed by atoms with Gasteiger partial charge in [0.1, 0.15) is 0 Å². The zero-order valence-corrected chi connectivity index (χ0v) is 9.21. The van der Waals surface area contributed by atoms with Crippen molar-refractivity contribution < 1.29 is 9.53 Å². The predicted molar refractivity (Wildman–Crippen MR) is 57.2 cm³/mol. The maximum absolute atomic E-state index is 11.9. The van der Waals surface area contributed by atoms with Gasteiger partial charge in [-0.25, -0.2) is 0 Å². The van der Waals surface area contributed by atoms with Crippen LogP contribution in [0.4, 0.5) is 0 Å². The van der Waals surface area contributed by atoms with Crippen LogP contribution in [0, 0.1) is 5.92 Å². The lowest BCUT2D eigenvalue weighted by Crippen LogP contribution is -2.16. The first-order valence-corrected chi connectivity index (χ1v) is 5.48. The van der Waals surface area contributed by atoms with E-state index in [1.165, 1.54) is 12.8 Å². The van der Waals surface area contributed by atoms with Crippen molar-refractivity contribution in [3.05, 3.63) is 11.6 Å². The minimum Gasteiger partial charge on any atom is -0.385 e. The largest absolute Gasteiger partial charge is 0.385 e. The molecule has 1 aliphatic rings. The van der Waals surface area contributed by atoms with Gasteiger partial charge < -0.3 is 4.74 Å². The number of ether oxygens (including phenoxy) is 1. The molecule has 0 amide bonds. The molecule has 0 spiro atoms. The molecule has 0 N–H and O–H groups in total. The third kappa shape index (κ3) is 3.26. The number of carbonyl (C=O) groups excluding carboxylic acids is 1. The van der Waals surface area contributed by atoms with Gasteiger partial charge in [-0.15, -0.1) is 0 Å². The van der Waals surface area contributed by atoms with Crippen LogP contribution in [0.25, 0.3) is 0 Å². The Kier molecular flexibility index (Phi) is 4.88. The molecule has 0 radical (unpaired) electrons. The van der Waals surface area contributed by atoms with Crippen LogP contribution in [0.2, 0.25) is 0 Å². The highest BCUT2D eigenvalue weighted by Crippen LogP contribution is 2.21. The van der Waals surface area contributed by atoms with Crippen molar-refractivity contribution >= 4 is 5.78 Å². The summed E-state index contributed by atoms with van der Waals surface area (Å²) in [5, 5.41) is 0. The number of hydrogen-bond donors (Lipinski definition) is 0. The van der Waals surface area contributed by atoms with E-state index in [2.05, 4.69) is 6.08 Å². The van der Waals surface area contributed by atoms with E-state index in [0.717, 1.165) is 24.8 Å². The Morgan fingerprint density at radius 2 is 2.36 bits per heavy atom. The SMILES string of the molecule is COCCC(C)C(=O)C1=CCCCC1. The lowest BCUT2D eigenvalue weighted by Gasteiger charge is -2.15. The third-order valence-electron chi connectivity index (χ3n) is 2.81. The number of ketones is 1. The average Bonchev–Trinajstić information content (AvgIpc) is 2.26. The molecule has 0 aliphatic heterocycles. The van der Waals surface area contributed by atoms with E-state index in [9.17, 15) is 4.79 Å². The topological polar surface area (TPSA) is 26.3 Å². The molecule has 0 saturated heterocycles. The number of carbonyl (C=O) groups is 1. The molecule has 2 nitrogen and oxygen atoms in total. The van der Waals surface area contributed by atoms with Crippen LogP contribution in [0.5, 0.6) is 0 Å². The summed E-state index contributed by atoms with van der Waals surface area (Å²) < 4.78 is 4.98. The monoisotopic (exact) mass is 196 g/mol. The molecule has 0 aromatic heterocycles. The minimum atomic E-state index is 0.124. The van der Waals surface area contributed by atoms with Crippen molar-refractivity contribution in [2.45, 2.75) is 39.0 Å². The zero-order chi connectivity index (χ0) is 10.4. The summed E-state index contributed by atoms with van der Waals surface area (Å²) >= 11 is 0. The molecule has 1 rings (SSSR count). The highest BCUT2D eigenvalue weighted by atomic mass is 16.5. The van der Waals surface area contributed by atoms with Crippen LogP contribution in [0.3, 0.4) is 0 Å². The van der Waals surface area contributed by atoms with Crippen LogP contribution in [-0.4, -0.2) is 19.5 Å². The van der Waals surface area contributed by atoms with Crippen LogP contribution in [0.1, 0.15) is 39.0 Å². The van der Waals surface area contributed by atoms with E-state index < -0.39 is 0 Å². The quantitative estimate of drug-likeness (QED) is 0.675. The maximum atomic E-state index is 11.9. The van der Waals surface area contributed by atoms with Gasteiger partial charge in [-0.3, -0.25) is 4.79 Å². The smallest absolute Gasteiger partial charge is 0.161 e. The van der Waals surface area contributed by atoms with Crippen molar-refractivity contribution in [2.75, 3.05) is 13.7 Å². The van der Waals surface area contributed by atoms with Crippen molar-refractivity contribution in [1.82, 2.24) is 0 Å². The van der Waals surface area contributed by atoms with E-state index in [4.69, 9.17) is 4.74 Å². The Morgan fingerprint density at radius 1 is 1.57 bits per heavy atom. The summed E-state index contributed by atoms with van der Waals surface area (Å²) in [7, 11) is 1.68. The lowest BCUT2D eigenvalue weighted by atomic mass is 9.89. The van der Waals surface area contributed by atoms with E-state index in [-0.39, 0.29) is 5.92 Å². The van der Waals surface area contributed by atoms with E-state index in [1.54, 1.807) is 7.11 Å². The fourth-order valence-corrected chi connectivity index (χ4v) is 1.80. The molecule has 0 saturated carbocycles. The molecule has 80 valence electrons. The van der Waals surface area contributed by atoms with Gasteiger partial charge in [0.15, 0.2) is 5.78 Å². The van der Waals surface area contributed by atoms with Gasteiger partial charge in [0.25, 0.3) is 0 Å². The molecule has 1 atom stereocenters. The molecule has 1 unspecified atom stereocenters. The highest BCUT2D eigenvalue weighted by Gasteiger charge is 2.18. The van der Waals surface area contributed by atoms with Crippen LogP contribution < -0.4 is 0 Å². The number of rotatable bonds is 5. The first-order valence-electron chi connectivity index (χ1n) is 5.48. The Morgan fingerprint density at radius 3 is 2.93 bits per heavy atom. The van der Waals surface area contributed by atoms with Crippen molar-refractivity contribution in [3.8, 4) is 0 Å². The Labute approximate surface area is 86.3 Å². The molecular formula is C12H20O2. The molecule has 0 heterocycles. The molecule has 0 aromatic carbocycles. The summed E-state index contributed by atoms with van der Waals surface area (Å²) in [4.78, 5) is 11.9. The van der Waals surface area contributed by atoms with E-state index in [1.807, 2.05) is 6.92 Å². The minimum absolute atomic E-state index is 0.124. The van der Waals surface area contributed by atoms with E-state index >= 15 is 0 Å². The highest BCUT2D eigenvalue weighted by molar-refractivity contribution is 5.96. The fraction of sp³-hybridized carbons (Fsp3) is 0.750. The summed E-state index contributed by atoms with van der Waals surface area (Å²) in [6, 6.07) is 0. The normalized spacial score (nSPS) is 18.9. The second-order valence-corrected chi connectivity index (χ2v) is 4.02. The fourth-order valence-electron chi connectivity index (χ4n) is 1.80. The van der Waals surface area contributed by atoms with Gasteiger partial charge in [-0.05, 0) is 37.7 Å². The molecule has 1 aliphatic carbocycles. The zero-order valence-electron chi connectivity index (χ0n) is 9.21. The second kappa shape index (κ2) is 5.97. The van der Waals surface area contributed by atoms with Gasteiger partial charge in [-0.2, -0.15) is 0 Å². The summed E-state index contributed by atoms with van der Waals surface area (Å²) in [5.41, 5.74) is 1.06. The van der Waals surface area contributed by atoms with Gasteiger partial charge in [0.2, 0.25) is 0 Å². The summed E-state index contributed by atoms with van der Waals surface area (Å²) in [6.45, 7) is 2.68. The number of methoxy groups -OCH3 is 1. The number of hydrogen-bond acceptors (Lipinski definition) is 2. The average molecular weight is 196 g/mol. The molecular weight excluding hydrogens is 176 g/mol. The van der Waals surface area contributed by atoms with Crippen molar-refractivity contribution in [3.63, 3.8) is 0 Å². The Hall–Kier alpha value is -0.630.